The van der Waals surface area contributed by atoms with Crippen molar-refractivity contribution >= 4 is 0 Å². The molecule has 0 spiro atoms. The number of rotatable bonds is 7. The van der Waals surface area contributed by atoms with Crippen LogP contribution in [0.5, 0.6) is 5.75 Å². The van der Waals surface area contributed by atoms with E-state index in [0.717, 1.165) is 24.8 Å². The van der Waals surface area contributed by atoms with Crippen LogP contribution in [0.15, 0.2) is 30.9 Å². The molecule has 0 aromatic heterocycles. The van der Waals surface area contributed by atoms with E-state index < -0.39 is 0 Å². The average molecular weight is 259 g/mol. The molecule has 0 amide bonds. The Hall–Kier alpha value is -1.28. The monoisotopic (exact) mass is 259 g/mol. The Bertz CT molecular complexity index is 451. The highest BCUT2D eigenvalue weighted by Gasteiger charge is 2.27. The molecule has 2 rings (SSSR count). The summed E-state index contributed by atoms with van der Waals surface area (Å²) in [6, 6.07) is 7.11. The molecule has 0 bridgehead atoms. The Morgan fingerprint density at radius 2 is 2.21 bits per heavy atom. The van der Waals surface area contributed by atoms with Crippen molar-refractivity contribution in [2.75, 3.05) is 13.7 Å². The molecule has 1 aromatic carbocycles. The molecular weight excluding hydrogens is 234 g/mol. The van der Waals surface area contributed by atoms with Crippen molar-refractivity contribution in [2.45, 2.75) is 39.2 Å². The average Bonchev–Trinajstić information content (AvgIpc) is 3.21. The normalized spacial score (nSPS) is 17.8. The molecule has 0 radical (unpaired) electrons. The van der Waals surface area contributed by atoms with Gasteiger partial charge in [-0.25, -0.2) is 0 Å². The molecule has 1 aliphatic rings. The predicted molar refractivity (Wildman–Crippen MR) is 80.8 cm³/mol. The van der Waals surface area contributed by atoms with E-state index in [-0.39, 0.29) is 5.41 Å². The summed E-state index contributed by atoms with van der Waals surface area (Å²) >= 11 is 0. The zero-order valence-corrected chi connectivity index (χ0v) is 12.3. The van der Waals surface area contributed by atoms with Crippen molar-refractivity contribution in [3.05, 3.63) is 42.0 Å². The van der Waals surface area contributed by atoms with Gasteiger partial charge in [-0.1, -0.05) is 30.7 Å². The minimum Gasteiger partial charge on any atom is -0.496 e. The first kappa shape index (κ1) is 14.1. The lowest BCUT2D eigenvalue weighted by Crippen LogP contribution is -2.33. The summed E-state index contributed by atoms with van der Waals surface area (Å²) in [4.78, 5) is 0. The molecule has 0 aliphatic heterocycles. The van der Waals surface area contributed by atoms with Crippen LogP contribution in [-0.2, 0) is 6.42 Å². The van der Waals surface area contributed by atoms with Crippen LogP contribution in [0.25, 0.3) is 0 Å². The van der Waals surface area contributed by atoms with Crippen LogP contribution in [0, 0.1) is 12.3 Å². The van der Waals surface area contributed by atoms with Crippen molar-refractivity contribution in [1.29, 1.82) is 0 Å². The maximum atomic E-state index is 5.47. The first-order valence-electron chi connectivity index (χ1n) is 7.07. The smallest absolute Gasteiger partial charge is 0.122 e. The fraction of sp³-hybridized carbons (Fsp3) is 0.529. The Kier molecular flexibility index (Phi) is 4.31. The third-order valence-electron chi connectivity index (χ3n) is 3.89. The third kappa shape index (κ3) is 3.84. The molecule has 1 atom stereocenters. The van der Waals surface area contributed by atoms with Gasteiger partial charge in [-0.05, 0) is 37.8 Å². The SMILES string of the molecule is C=CC(C)(CNC1CC1)Cc1cc(C)ccc1OC. The maximum absolute atomic E-state index is 5.47. The van der Waals surface area contributed by atoms with E-state index in [1.165, 1.54) is 24.0 Å². The van der Waals surface area contributed by atoms with Crippen molar-refractivity contribution in [2.24, 2.45) is 5.41 Å². The molecule has 2 nitrogen and oxygen atoms in total. The summed E-state index contributed by atoms with van der Waals surface area (Å²) in [7, 11) is 1.74. The second kappa shape index (κ2) is 5.79. The van der Waals surface area contributed by atoms with Crippen molar-refractivity contribution in [3.63, 3.8) is 0 Å². The van der Waals surface area contributed by atoms with Crippen LogP contribution >= 0.6 is 0 Å². The van der Waals surface area contributed by atoms with Gasteiger partial charge in [-0.2, -0.15) is 0 Å². The highest BCUT2D eigenvalue weighted by Crippen LogP contribution is 2.30. The van der Waals surface area contributed by atoms with Gasteiger partial charge >= 0.3 is 0 Å². The molecule has 104 valence electrons. The molecule has 1 saturated carbocycles. The molecule has 19 heavy (non-hydrogen) atoms. The van der Waals surface area contributed by atoms with Crippen molar-refractivity contribution in [3.8, 4) is 5.75 Å². The first-order chi connectivity index (χ1) is 9.06. The number of nitrogens with one attached hydrogen (secondary N) is 1. The van der Waals surface area contributed by atoms with Gasteiger partial charge in [-0.15, -0.1) is 6.58 Å². The third-order valence-corrected chi connectivity index (χ3v) is 3.89. The highest BCUT2D eigenvalue weighted by atomic mass is 16.5. The van der Waals surface area contributed by atoms with Crippen molar-refractivity contribution in [1.82, 2.24) is 5.32 Å². The number of benzene rings is 1. The largest absolute Gasteiger partial charge is 0.496 e. The molecule has 1 aliphatic carbocycles. The Morgan fingerprint density at radius 1 is 1.47 bits per heavy atom. The molecule has 2 heteroatoms. The van der Waals surface area contributed by atoms with E-state index in [0.29, 0.717) is 0 Å². The summed E-state index contributed by atoms with van der Waals surface area (Å²) in [5.41, 5.74) is 2.61. The van der Waals surface area contributed by atoms with Crippen molar-refractivity contribution < 1.29 is 4.74 Å². The van der Waals surface area contributed by atoms with E-state index in [9.17, 15) is 0 Å². The highest BCUT2D eigenvalue weighted by molar-refractivity contribution is 5.38. The second-order valence-electron chi connectivity index (χ2n) is 6.01. The number of ether oxygens (including phenoxy) is 1. The molecule has 0 heterocycles. The number of methoxy groups -OCH3 is 1. The van der Waals surface area contributed by atoms with Gasteiger partial charge in [0.15, 0.2) is 0 Å². The summed E-state index contributed by atoms with van der Waals surface area (Å²) < 4.78 is 5.47. The van der Waals surface area contributed by atoms with E-state index in [2.05, 4.69) is 50.0 Å². The van der Waals surface area contributed by atoms with Gasteiger partial charge in [0.1, 0.15) is 5.75 Å². The lowest BCUT2D eigenvalue weighted by atomic mass is 9.83. The van der Waals surface area contributed by atoms with Gasteiger partial charge in [-0.3, -0.25) is 0 Å². The van der Waals surface area contributed by atoms with Crippen LogP contribution in [0.1, 0.15) is 30.9 Å². The Labute approximate surface area is 116 Å². The molecular formula is C17H25NO. The van der Waals surface area contributed by atoms with E-state index >= 15 is 0 Å². The number of aryl methyl sites for hydroxylation is 1. The summed E-state index contributed by atoms with van der Waals surface area (Å²) in [6.07, 6.45) is 5.67. The zero-order chi connectivity index (χ0) is 13.9. The van der Waals surface area contributed by atoms with Gasteiger partial charge in [0.2, 0.25) is 0 Å². The van der Waals surface area contributed by atoms with Gasteiger partial charge in [0.05, 0.1) is 7.11 Å². The van der Waals surface area contributed by atoms with Crippen LogP contribution in [0.3, 0.4) is 0 Å². The second-order valence-corrected chi connectivity index (χ2v) is 6.01. The standard InChI is InChI=1S/C17H25NO/c1-5-17(3,12-18-15-7-8-15)11-14-10-13(2)6-9-16(14)19-4/h5-6,9-10,15,18H,1,7-8,11-12H2,2-4H3. The maximum Gasteiger partial charge on any atom is 0.122 e. The van der Waals surface area contributed by atoms with E-state index in [4.69, 9.17) is 4.74 Å². The van der Waals surface area contributed by atoms with Gasteiger partial charge < -0.3 is 10.1 Å². The summed E-state index contributed by atoms with van der Waals surface area (Å²) in [5, 5.41) is 3.61. The van der Waals surface area contributed by atoms with Crippen LogP contribution < -0.4 is 10.1 Å². The number of hydrogen-bond acceptors (Lipinski definition) is 2. The summed E-state index contributed by atoms with van der Waals surface area (Å²) in [6.45, 7) is 9.39. The topological polar surface area (TPSA) is 21.3 Å². The Balaban J connectivity index is 2.11. The van der Waals surface area contributed by atoms with Crippen LogP contribution in [-0.4, -0.2) is 19.7 Å². The fourth-order valence-electron chi connectivity index (χ4n) is 2.35. The number of hydrogen-bond donors (Lipinski definition) is 1. The quantitative estimate of drug-likeness (QED) is 0.757. The first-order valence-corrected chi connectivity index (χ1v) is 7.07. The summed E-state index contributed by atoms with van der Waals surface area (Å²) in [5.74, 6) is 0.977. The molecule has 1 N–H and O–H groups in total. The van der Waals surface area contributed by atoms with Gasteiger partial charge in [0, 0.05) is 18.0 Å². The minimum atomic E-state index is 0.0731. The molecule has 1 unspecified atom stereocenters. The van der Waals surface area contributed by atoms with Gasteiger partial charge in [0.25, 0.3) is 0 Å². The van der Waals surface area contributed by atoms with E-state index in [1.807, 2.05) is 0 Å². The zero-order valence-electron chi connectivity index (χ0n) is 12.3. The van der Waals surface area contributed by atoms with Crippen LogP contribution in [0.4, 0.5) is 0 Å². The lowest BCUT2D eigenvalue weighted by molar-refractivity contribution is 0.369. The Morgan fingerprint density at radius 3 is 2.79 bits per heavy atom. The predicted octanol–water partition coefficient (Wildman–Crippen LogP) is 3.49. The molecule has 0 saturated heterocycles. The molecule has 1 fully saturated rings. The van der Waals surface area contributed by atoms with Crippen LogP contribution in [0.2, 0.25) is 0 Å². The molecule has 1 aromatic rings. The minimum absolute atomic E-state index is 0.0731. The van der Waals surface area contributed by atoms with E-state index in [1.54, 1.807) is 7.11 Å². The lowest BCUT2D eigenvalue weighted by Gasteiger charge is -2.27. The fourth-order valence-corrected chi connectivity index (χ4v) is 2.35.